The molecule has 42 heavy (non-hydrogen) atoms. The maximum absolute atomic E-state index is 13.6. The van der Waals surface area contributed by atoms with Crippen LogP contribution in [0.3, 0.4) is 0 Å². The zero-order chi connectivity index (χ0) is 29.4. The Balaban J connectivity index is 1.34. The molecule has 0 unspecified atom stereocenters. The predicted octanol–water partition coefficient (Wildman–Crippen LogP) is 7.94. The number of benzene rings is 4. The van der Waals surface area contributed by atoms with Gasteiger partial charge in [0, 0.05) is 9.86 Å². The summed E-state index contributed by atoms with van der Waals surface area (Å²) in [6.07, 6.45) is 1.61. The molecular weight excluding hydrogens is 828 g/mol. The number of rotatable bonds is 7. The van der Waals surface area contributed by atoms with Crippen molar-refractivity contribution >= 4 is 95.2 Å². The van der Waals surface area contributed by atoms with Gasteiger partial charge >= 0.3 is 5.97 Å². The van der Waals surface area contributed by atoms with Gasteiger partial charge in [0.25, 0.3) is 5.56 Å². The van der Waals surface area contributed by atoms with Gasteiger partial charge in [-0.05, 0) is 117 Å². The molecule has 4 aromatic carbocycles. The Morgan fingerprint density at radius 1 is 1.02 bits per heavy atom. The first-order valence-corrected chi connectivity index (χ1v) is 15.4. The molecule has 0 radical (unpaired) electrons. The Hall–Kier alpha value is -3.56. The number of nitrogens with zero attached hydrogens (tertiary/aromatic N) is 3. The molecule has 0 saturated heterocycles. The van der Waals surface area contributed by atoms with Crippen LogP contribution in [0.2, 0.25) is 0 Å². The number of carbonyl (C=O) groups is 1. The average molecular weight is 846 g/mol. The number of halogens is 3. The minimum atomic E-state index is -0.969. The van der Waals surface area contributed by atoms with Crippen molar-refractivity contribution in [1.29, 1.82) is 0 Å². The molecule has 0 fully saturated rings. The third-order valence-corrected chi connectivity index (χ3v) is 8.48. The molecular formula is C31H18BrI2N3O5. The van der Waals surface area contributed by atoms with Crippen LogP contribution in [0.15, 0.2) is 104 Å². The fourth-order valence-electron chi connectivity index (χ4n) is 4.33. The highest BCUT2D eigenvalue weighted by Gasteiger charge is 2.17. The zero-order valence-corrected chi connectivity index (χ0v) is 27.3. The van der Waals surface area contributed by atoms with Gasteiger partial charge in [0.05, 0.1) is 29.8 Å². The van der Waals surface area contributed by atoms with E-state index in [1.54, 1.807) is 48.7 Å². The molecule has 6 aromatic rings. The first-order chi connectivity index (χ1) is 20.3. The molecule has 6 rings (SSSR count). The van der Waals surface area contributed by atoms with Crippen molar-refractivity contribution in [2.45, 2.75) is 6.61 Å². The lowest BCUT2D eigenvalue weighted by Crippen LogP contribution is -2.20. The molecule has 11 heteroatoms. The van der Waals surface area contributed by atoms with Gasteiger partial charge in [0.1, 0.15) is 17.9 Å². The van der Waals surface area contributed by atoms with Crippen LogP contribution in [0.25, 0.3) is 33.5 Å². The Bertz CT molecular complexity index is 2060. The van der Waals surface area contributed by atoms with E-state index in [-0.39, 0.29) is 17.7 Å². The maximum atomic E-state index is 13.6. The standard InChI is InChI=1S/C31H18BrI2N3O5/c32-21-9-10-26-20(13-21)14-27(42-26)29-36-25-4-2-1-3-22(25)30(38)37(29)35-15-18-11-23(33)28(24(34)12-18)41-16-17-5-7-19(8-6-17)31(39)40/h1-15H,16H2,(H,39,40). The van der Waals surface area contributed by atoms with E-state index in [0.717, 1.165) is 28.1 Å². The first-order valence-electron chi connectivity index (χ1n) is 12.5. The summed E-state index contributed by atoms with van der Waals surface area (Å²) < 4.78 is 16.0. The molecule has 0 aliphatic heterocycles. The van der Waals surface area contributed by atoms with E-state index >= 15 is 0 Å². The van der Waals surface area contributed by atoms with E-state index in [0.29, 0.717) is 33.8 Å². The largest absolute Gasteiger partial charge is 0.487 e. The third-order valence-electron chi connectivity index (χ3n) is 6.38. The lowest BCUT2D eigenvalue weighted by molar-refractivity contribution is 0.0697. The monoisotopic (exact) mass is 845 g/mol. The molecule has 8 nitrogen and oxygen atoms in total. The Morgan fingerprint density at radius 2 is 1.76 bits per heavy atom. The quantitative estimate of drug-likeness (QED) is 0.129. The number of carboxylic acid groups (broad SMARTS) is 1. The van der Waals surface area contributed by atoms with E-state index in [9.17, 15) is 9.59 Å². The van der Waals surface area contributed by atoms with Gasteiger partial charge in [0.2, 0.25) is 5.82 Å². The summed E-state index contributed by atoms with van der Waals surface area (Å²) in [7, 11) is 0. The fraction of sp³-hybridized carbons (Fsp3) is 0.0323. The van der Waals surface area contributed by atoms with Crippen molar-refractivity contribution in [3.05, 3.63) is 124 Å². The van der Waals surface area contributed by atoms with Gasteiger partial charge < -0.3 is 14.3 Å². The Labute approximate surface area is 274 Å². The van der Waals surface area contributed by atoms with Crippen molar-refractivity contribution in [2.24, 2.45) is 5.10 Å². The third kappa shape index (κ3) is 5.85. The molecule has 0 atom stereocenters. The minimum absolute atomic E-state index is 0.226. The number of aromatic carboxylic acids is 1. The number of para-hydroxylation sites is 1. The van der Waals surface area contributed by atoms with Gasteiger partial charge in [-0.1, -0.05) is 40.2 Å². The van der Waals surface area contributed by atoms with Gasteiger partial charge in [0.15, 0.2) is 5.76 Å². The van der Waals surface area contributed by atoms with Crippen LogP contribution in [0, 0.1) is 7.14 Å². The molecule has 208 valence electrons. The van der Waals surface area contributed by atoms with E-state index < -0.39 is 5.97 Å². The molecule has 2 aromatic heterocycles. The summed E-state index contributed by atoms with van der Waals surface area (Å²) in [6, 6.07) is 25.1. The molecule has 0 bridgehead atoms. The molecule has 0 aliphatic carbocycles. The van der Waals surface area contributed by atoms with Crippen LogP contribution in [-0.2, 0) is 6.61 Å². The average Bonchev–Trinajstić information content (AvgIpc) is 3.39. The molecule has 2 heterocycles. The van der Waals surface area contributed by atoms with Crippen LogP contribution in [-0.4, -0.2) is 27.0 Å². The van der Waals surface area contributed by atoms with E-state index in [2.05, 4.69) is 66.2 Å². The van der Waals surface area contributed by atoms with Crippen molar-refractivity contribution in [2.75, 3.05) is 0 Å². The van der Waals surface area contributed by atoms with Gasteiger partial charge in [-0.2, -0.15) is 9.78 Å². The zero-order valence-electron chi connectivity index (χ0n) is 21.4. The van der Waals surface area contributed by atoms with Crippen molar-refractivity contribution in [1.82, 2.24) is 9.66 Å². The Kier molecular flexibility index (Phi) is 8.14. The number of hydrogen-bond donors (Lipinski definition) is 1. The van der Waals surface area contributed by atoms with E-state index in [1.807, 2.05) is 42.5 Å². The lowest BCUT2D eigenvalue weighted by Gasteiger charge is -2.12. The van der Waals surface area contributed by atoms with Crippen LogP contribution in [0.4, 0.5) is 0 Å². The summed E-state index contributed by atoms with van der Waals surface area (Å²) in [5, 5.41) is 15.0. The highest BCUT2D eigenvalue weighted by Crippen LogP contribution is 2.31. The molecule has 0 aliphatic rings. The SMILES string of the molecule is O=C(O)c1ccc(COc2c(I)cc(C=Nn3c(-c4cc5cc(Br)ccc5o4)nc4ccccc4c3=O)cc2I)cc1. The lowest BCUT2D eigenvalue weighted by atomic mass is 10.1. The smallest absolute Gasteiger partial charge is 0.335 e. The maximum Gasteiger partial charge on any atom is 0.335 e. The van der Waals surface area contributed by atoms with E-state index in [1.165, 1.54) is 4.68 Å². The van der Waals surface area contributed by atoms with Crippen LogP contribution < -0.4 is 10.3 Å². The molecule has 0 saturated carbocycles. The highest BCUT2D eigenvalue weighted by molar-refractivity contribution is 14.1. The van der Waals surface area contributed by atoms with Crippen molar-refractivity contribution < 1.29 is 19.1 Å². The second kappa shape index (κ2) is 12.0. The van der Waals surface area contributed by atoms with Crippen LogP contribution in [0.1, 0.15) is 21.5 Å². The van der Waals surface area contributed by atoms with Gasteiger partial charge in [-0.15, -0.1) is 0 Å². The number of carboxylic acids is 1. The van der Waals surface area contributed by atoms with Gasteiger partial charge in [-0.3, -0.25) is 4.79 Å². The summed E-state index contributed by atoms with van der Waals surface area (Å²) in [6.45, 7) is 0.287. The van der Waals surface area contributed by atoms with Crippen molar-refractivity contribution in [3.8, 4) is 17.3 Å². The normalized spacial score (nSPS) is 11.5. The van der Waals surface area contributed by atoms with Crippen LogP contribution in [0.5, 0.6) is 5.75 Å². The first kappa shape index (κ1) is 28.6. The molecule has 0 amide bonds. The van der Waals surface area contributed by atoms with Gasteiger partial charge in [-0.25, -0.2) is 9.78 Å². The van der Waals surface area contributed by atoms with E-state index in [4.69, 9.17) is 19.2 Å². The predicted molar refractivity (Wildman–Crippen MR) is 182 cm³/mol. The Morgan fingerprint density at radius 3 is 2.50 bits per heavy atom. The summed E-state index contributed by atoms with van der Waals surface area (Å²) in [5.74, 6) is 0.450. The van der Waals surface area contributed by atoms with Crippen molar-refractivity contribution in [3.63, 3.8) is 0 Å². The number of hydrogen-bond acceptors (Lipinski definition) is 6. The molecule has 0 spiro atoms. The summed E-state index contributed by atoms with van der Waals surface area (Å²) in [5.41, 5.74) is 2.75. The van der Waals surface area contributed by atoms with Crippen LogP contribution >= 0.6 is 61.1 Å². The molecule has 1 N–H and O–H groups in total. The number of aromatic nitrogens is 2. The second-order valence-corrected chi connectivity index (χ2v) is 12.5. The number of fused-ring (bicyclic) bond motifs is 2. The highest BCUT2D eigenvalue weighted by atomic mass is 127. The number of furan rings is 1. The summed E-state index contributed by atoms with van der Waals surface area (Å²) >= 11 is 7.88. The fourth-order valence-corrected chi connectivity index (χ4v) is 6.84. The topological polar surface area (TPSA) is 107 Å². The minimum Gasteiger partial charge on any atom is -0.487 e. The number of ether oxygens (including phenoxy) is 1. The second-order valence-electron chi connectivity index (χ2n) is 9.21. The summed E-state index contributed by atoms with van der Waals surface area (Å²) in [4.78, 5) is 29.4.